The van der Waals surface area contributed by atoms with Gasteiger partial charge in [-0.05, 0) is 67.3 Å². The van der Waals surface area contributed by atoms with Crippen LogP contribution < -0.4 is 5.32 Å². The van der Waals surface area contributed by atoms with E-state index in [2.05, 4.69) is 5.32 Å². The molecule has 2 aromatic rings. The van der Waals surface area contributed by atoms with Crippen LogP contribution in [0.3, 0.4) is 0 Å². The number of anilines is 1. The lowest BCUT2D eigenvalue weighted by molar-refractivity contribution is 0.0760. The van der Waals surface area contributed by atoms with E-state index in [0.717, 1.165) is 6.54 Å². The summed E-state index contributed by atoms with van der Waals surface area (Å²) in [4.78, 5) is 26.7. The molecule has 1 saturated carbocycles. The maximum absolute atomic E-state index is 12.6. The van der Waals surface area contributed by atoms with Gasteiger partial charge >= 0.3 is 0 Å². The third-order valence-corrected chi connectivity index (χ3v) is 5.35. The molecule has 1 fully saturated rings. The molecule has 1 N–H and O–H groups in total. The zero-order chi connectivity index (χ0) is 19.2. The summed E-state index contributed by atoms with van der Waals surface area (Å²) in [6.07, 6.45) is 6.29. The molecule has 0 heterocycles. The van der Waals surface area contributed by atoms with Crippen molar-refractivity contribution in [1.29, 1.82) is 0 Å². The largest absolute Gasteiger partial charge is 0.341 e. The van der Waals surface area contributed by atoms with Crippen LogP contribution >= 0.6 is 11.6 Å². The van der Waals surface area contributed by atoms with Gasteiger partial charge in [-0.1, -0.05) is 30.9 Å². The summed E-state index contributed by atoms with van der Waals surface area (Å²) < 4.78 is 0. The summed E-state index contributed by atoms with van der Waals surface area (Å²) in [5.74, 6) is 0.432. The molecule has 0 aromatic heterocycles. The lowest BCUT2D eigenvalue weighted by Gasteiger charge is -2.27. The number of rotatable bonds is 5. The van der Waals surface area contributed by atoms with Gasteiger partial charge in [0.05, 0.1) is 0 Å². The first-order chi connectivity index (χ1) is 13.0. The molecule has 2 amide bonds. The second-order valence-electron chi connectivity index (χ2n) is 7.23. The van der Waals surface area contributed by atoms with Crippen LogP contribution in [0.5, 0.6) is 0 Å². The van der Waals surface area contributed by atoms with Crippen molar-refractivity contribution in [2.45, 2.75) is 32.1 Å². The minimum Gasteiger partial charge on any atom is -0.341 e. The van der Waals surface area contributed by atoms with Crippen molar-refractivity contribution in [3.05, 3.63) is 64.7 Å². The van der Waals surface area contributed by atoms with E-state index in [1.54, 1.807) is 48.5 Å². The van der Waals surface area contributed by atoms with Crippen LogP contribution in [0.2, 0.25) is 5.02 Å². The monoisotopic (exact) mass is 384 g/mol. The van der Waals surface area contributed by atoms with E-state index in [-0.39, 0.29) is 11.8 Å². The van der Waals surface area contributed by atoms with Crippen LogP contribution in [-0.4, -0.2) is 30.3 Å². The van der Waals surface area contributed by atoms with Gasteiger partial charge in [0.2, 0.25) is 0 Å². The van der Waals surface area contributed by atoms with E-state index in [4.69, 9.17) is 11.6 Å². The number of hydrogen-bond acceptors (Lipinski definition) is 2. The first-order valence-corrected chi connectivity index (χ1v) is 9.83. The standard InChI is InChI=1S/C22H25ClN2O2/c1-25(15-16-5-3-2-4-6-16)22(27)18-9-13-20(14-10-18)24-21(26)17-7-11-19(23)12-8-17/h7-14,16H,2-6,15H2,1H3,(H,24,26). The Labute approximate surface area is 165 Å². The highest BCUT2D eigenvalue weighted by atomic mass is 35.5. The lowest BCUT2D eigenvalue weighted by atomic mass is 9.89. The van der Waals surface area contributed by atoms with Crippen molar-refractivity contribution in [3.8, 4) is 0 Å². The fourth-order valence-corrected chi connectivity index (χ4v) is 3.69. The SMILES string of the molecule is CN(CC1CCCCC1)C(=O)c1ccc(NC(=O)c2ccc(Cl)cc2)cc1. The van der Waals surface area contributed by atoms with Crippen LogP contribution in [0, 0.1) is 5.92 Å². The third kappa shape index (κ3) is 5.33. The maximum atomic E-state index is 12.6. The van der Waals surface area contributed by atoms with Crippen LogP contribution in [0.25, 0.3) is 0 Å². The Balaban J connectivity index is 1.58. The Kier molecular flexibility index (Phi) is 6.51. The predicted octanol–water partition coefficient (Wildman–Crippen LogP) is 5.24. The van der Waals surface area contributed by atoms with Gasteiger partial charge in [-0.25, -0.2) is 0 Å². The first kappa shape index (κ1) is 19.4. The number of nitrogens with zero attached hydrogens (tertiary/aromatic N) is 1. The smallest absolute Gasteiger partial charge is 0.255 e. The van der Waals surface area contributed by atoms with Crippen molar-refractivity contribution in [1.82, 2.24) is 4.90 Å². The Bertz CT molecular complexity index is 781. The molecule has 27 heavy (non-hydrogen) atoms. The fraction of sp³-hybridized carbons (Fsp3) is 0.364. The molecule has 5 heteroatoms. The number of nitrogens with one attached hydrogen (secondary N) is 1. The van der Waals surface area contributed by atoms with E-state index in [1.807, 2.05) is 11.9 Å². The molecule has 1 aliphatic carbocycles. The highest BCUT2D eigenvalue weighted by Gasteiger charge is 2.19. The highest BCUT2D eigenvalue weighted by Crippen LogP contribution is 2.24. The summed E-state index contributed by atoms with van der Waals surface area (Å²) in [5.41, 5.74) is 1.83. The van der Waals surface area contributed by atoms with Gasteiger partial charge < -0.3 is 10.2 Å². The minimum absolute atomic E-state index is 0.0242. The van der Waals surface area contributed by atoms with Crippen LogP contribution in [0.4, 0.5) is 5.69 Å². The van der Waals surface area contributed by atoms with E-state index in [9.17, 15) is 9.59 Å². The van der Waals surface area contributed by atoms with E-state index >= 15 is 0 Å². The van der Waals surface area contributed by atoms with Gasteiger partial charge in [0, 0.05) is 35.4 Å². The third-order valence-electron chi connectivity index (χ3n) is 5.10. The molecule has 142 valence electrons. The summed E-state index contributed by atoms with van der Waals surface area (Å²) in [6, 6.07) is 13.8. The van der Waals surface area contributed by atoms with Gasteiger partial charge in [0.15, 0.2) is 0 Å². The average Bonchev–Trinajstić information content (AvgIpc) is 2.69. The summed E-state index contributed by atoms with van der Waals surface area (Å²) in [7, 11) is 1.87. The van der Waals surface area contributed by atoms with Gasteiger partial charge in [0.25, 0.3) is 11.8 Å². The number of hydrogen-bond donors (Lipinski definition) is 1. The van der Waals surface area contributed by atoms with E-state index < -0.39 is 0 Å². The Morgan fingerprint density at radius 3 is 2.19 bits per heavy atom. The molecule has 3 rings (SSSR count). The molecule has 0 spiro atoms. The number of halogens is 1. The molecule has 0 saturated heterocycles. The molecule has 0 radical (unpaired) electrons. The Hall–Kier alpha value is -2.33. The molecule has 0 bridgehead atoms. The minimum atomic E-state index is -0.208. The summed E-state index contributed by atoms with van der Waals surface area (Å²) >= 11 is 5.84. The molecule has 0 unspecified atom stereocenters. The first-order valence-electron chi connectivity index (χ1n) is 9.45. The second-order valence-corrected chi connectivity index (χ2v) is 7.66. The highest BCUT2D eigenvalue weighted by molar-refractivity contribution is 6.30. The maximum Gasteiger partial charge on any atom is 0.255 e. The molecule has 0 aliphatic heterocycles. The Morgan fingerprint density at radius 2 is 1.56 bits per heavy atom. The summed E-state index contributed by atoms with van der Waals surface area (Å²) in [5, 5.41) is 3.42. The number of benzene rings is 2. The van der Waals surface area contributed by atoms with Crippen molar-refractivity contribution in [2.75, 3.05) is 18.9 Å². The molecule has 0 atom stereocenters. The zero-order valence-corrected chi connectivity index (χ0v) is 16.3. The van der Waals surface area contributed by atoms with Crippen molar-refractivity contribution < 1.29 is 9.59 Å². The zero-order valence-electron chi connectivity index (χ0n) is 15.6. The van der Waals surface area contributed by atoms with E-state index in [1.165, 1.54) is 32.1 Å². The van der Waals surface area contributed by atoms with Crippen molar-refractivity contribution >= 4 is 29.1 Å². The lowest BCUT2D eigenvalue weighted by Crippen LogP contribution is -2.32. The number of carbonyl (C=O) groups is 2. The average molecular weight is 385 g/mol. The molecule has 2 aromatic carbocycles. The van der Waals surface area contributed by atoms with Gasteiger partial charge in [-0.2, -0.15) is 0 Å². The van der Waals surface area contributed by atoms with Crippen LogP contribution in [-0.2, 0) is 0 Å². The van der Waals surface area contributed by atoms with Crippen LogP contribution in [0.1, 0.15) is 52.8 Å². The quantitative estimate of drug-likeness (QED) is 0.765. The molecule has 1 aliphatic rings. The van der Waals surface area contributed by atoms with Gasteiger partial charge in [-0.3, -0.25) is 9.59 Å². The Morgan fingerprint density at radius 1 is 0.963 bits per heavy atom. The van der Waals surface area contributed by atoms with Gasteiger partial charge in [0.1, 0.15) is 0 Å². The number of carbonyl (C=O) groups excluding carboxylic acids is 2. The van der Waals surface area contributed by atoms with Crippen LogP contribution in [0.15, 0.2) is 48.5 Å². The van der Waals surface area contributed by atoms with Gasteiger partial charge in [-0.15, -0.1) is 0 Å². The van der Waals surface area contributed by atoms with Crippen molar-refractivity contribution in [2.24, 2.45) is 5.92 Å². The van der Waals surface area contributed by atoms with Crippen molar-refractivity contribution in [3.63, 3.8) is 0 Å². The molecular weight excluding hydrogens is 360 g/mol. The molecular formula is C22H25ClN2O2. The topological polar surface area (TPSA) is 49.4 Å². The fourth-order valence-electron chi connectivity index (χ4n) is 3.56. The molecule has 4 nitrogen and oxygen atoms in total. The number of amides is 2. The second kappa shape index (κ2) is 9.05. The van der Waals surface area contributed by atoms with E-state index in [0.29, 0.717) is 27.8 Å². The predicted molar refractivity (Wildman–Crippen MR) is 109 cm³/mol. The normalized spacial score (nSPS) is 14.6. The summed E-state index contributed by atoms with van der Waals surface area (Å²) in [6.45, 7) is 0.813.